The van der Waals surface area contributed by atoms with Gasteiger partial charge >= 0.3 is 6.18 Å². The maximum Gasteiger partial charge on any atom is 0.433 e. The van der Waals surface area contributed by atoms with Gasteiger partial charge in [0.25, 0.3) is 5.91 Å². The van der Waals surface area contributed by atoms with E-state index in [-0.39, 0.29) is 23.1 Å². The smallest absolute Gasteiger partial charge is 0.373 e. The molecule has 0 aliphatic carbocycles. The number of carbonyl (C=O) groups is 2. The molecule has 2 aromatic rings. The highest BCUT2D eigenvalue weighted by Crippen LogP contribution is 2.38. The van der Waals surface area contributed by atoms with Crippen LogP contribution in [0.2, 0.25) is 0 Å². The van der Waals surface area contributed by atoms with Crippen LogP contribution in [0.25, 0.3) is 0 Å². The molecule has 35 heavy (non-hydrogen) atoms. The van der Waals surface area contributed by atoms with Crippen molar-refractivity contribution in [3.63, 3.8) is 0 Å². The van der Waals surface area contributed by atoms with Gasteiger partial charge in [0.2, 0.25) is 5.91 Å². The van der Waals surface area contributed by atoms with Crippen LogP contribution in [0.15, 0.2) is 18.3 Å². The zero-order valence-electron chi connectivity index (χ0n) is 19.6. The van der Waals surface area contributed by atoms with E-state index < -0.39 is 17.3 Å². The van der Waals surface area contributed by atoms with E-state index in [0.717, 1.165) is 24.6 Å². The zero-order valence-corrected chi connectivity index (χ0v) is 19.6. The lowest BCUT2D eigenvalue weighted by atomic mass is 9.73. The number of fused-ring (bicyclic) bond motifs is 2. The normalized spacial score (nSPS) is 19.8. The van der Waals surface area contributed by atoms with Crippen molar-refractivity contribution in [1.82, 2.24) is 30.2 Å². The van der Waals surface area contributed by atoms with Crippen LogP contribution in [0.1, 0.15) is 59.5 Å². The van der Waals surface area contributed by atoms with Gasteiger partial charge in [-0.15, -0.1) is 5.10 Å². The molecular formula is C23H29F3N6O3. The first-order chi connectivity index (χ1) is 16.7. The van der Waals surface area contributed by atoms with Gasteiger partial charge in [0.15, 0.2) is 0 Å². The Hall–Kier alpha value is -3.02. The van der Waals surface area contributed by atoms with Crippen molar-refractivity contribution in [3.8, 4) is 0 Å². The van der Waals surface area contributed by atoms with E-state index in [1.165, 1.54) is 13.0 Å². The molecule has 2 bridgehead atoms. The third kappa shape index (κ3) is 5.80. The first-order valence-corrected chi connectivity index (χ1v) is 11.8. The number of nitrogens with zero attached hydrogens (tertiary/aromatic N) is 5. The number of aryl methyl sites for hydroxylation is 2. The zero-order chi connectivity index (χ0) is 25.1. The summed E-state index contributed by atoms with van der Waals surface area (Å²) in [5, 5.41) is 11.2. The third-order valence-corrected chi connectivity index (χ3v) is 6.76. The van der Waals surface area contributed by atoms with Gasteiger partial charge in [-0.2, -0.15) is 13.2 Å². The van der Waals surface area contributed by atoms with Crippen LogP contribution < -0.4 is 5.32 Å². The number of likely N-dealkylation sites (tertiary alicyclic amines) is 1. The van der Waals surface area contributed by atoms with Crippen molar-refractivity contribution in [1.29, 1.82) is 0 Å². The number of nitrogens with one attached hydrogen (secondary N) is 1. The number of hydrogen-bond acceptors (Lipinski definition) is 6. The van der Waals surface area contributed by atoms with Crippen LogP contribution in [0.3, 0.4) is 0 Å². The highest BCUT2D eigenvalue weighted by molar-refractivity contribution is 5.95. The maximum absolute atomic E-state index is 13.2. The maximum atomic E-state index is 13.2. The van der Waals surface area contributed by atoms with Gasteiger partial charge in [-0.1, -0.05) is 11.6 Å². The van der Waals surface area contributed by atoms with Crippen LogP contribution in [0.4, 0.5) is 13.2 Å². The molecule has 4 rings (SSSR count). The lowest BCUT2D eigenvalue weighted by molar-refractivity contribution is -0.141. The largest absolute Gasteiger partial charge is 0.433 e. The Kier molecular flexibility index (Phi) is 7.39. The lowest BCUT2D eigenvalue weighted by Gasteiger charge is -2.41. The second-order valence-corrected chi connectivity index (χ2v) is 9.14. The fourth-order valence-electron chi connectivity index (χ4n) is 4.70. The van der Waals surface area contributed by atoms with E-state index in [9.17, 15) is 22.8 Å². The molecule has 190 valence electrons. The minimum atomic E-state index is -4.57. The van der Waals surface area contributed by atoms with Crippen LogP contribution in [-0.4, -0.2) is 62.9 Å². The number of amides is 2. The summed E-state index contributed by atoms with van der Waals surface area (Å²) in [5.41, 5.74) is -0.695. The van der Waals surface area contributed by atoms with Gasteiger partial charge in [0.05, 0.1) is 36.1 Å². The van der Waals surface area contributed by atoms with Crippen molar-refractivity contribution >= 4 is 11.8 Å². The molecule has 0 unspecified atom stereocenters. The van der Waals surface area contributed by atoms with E-state index >= 15 is 0 Å². The van der Waals surface area contributed by atoms with Crippen LogP contribution in [0, 0.1) is 12.3 Å². The summed E-state index contributed by atoms with van der Waals surface area (Å²) in [6, 6.07) is 2.01. The highest BCUT2D eigenvalue weighted by atomic mass is 19.4. The Labute approximate surface area is 201 Å². The first-order valence-electron chi connectivity index (χ1n) is 11.8. The number of aromatic nitrogens is 4. The predicted octanol–water partition coefficient (Wildman–Crippen LogP) is 2.74. The Morgan fingerprint density at radius 1 is 1.14 bits per heavy atom. The van der Waals surface area contributed by atoms with E-state index in [1.807, 2.05) is 6.20 Å². The Bertz CT molecular complexity index is 1060. The van der Waals surface area contributed by atoms with E-state index in [1.54, 1.807) is 9.58 Å². The van der Waals surface area contributed by atoms with Crippen LogP contribution >= 0.6 is 0 Å². The van der Waals surface area contributed by atoms with Crippen LogP contribution in [-0.2, 0) is 28.9 Å². The Morgan fingerprint density at radius 2 is 1.91 bits per heavy atom. The van der Waals surface area contributed by atoms with Crippen molar-refractivity contribution in [2.24, 2.45) is 5.41 Å². The predicted molar refractivity (Wildman–Crippen MR) is 118 cm³/mol. The van der Waals surface area contributed by atoms with Crippen molar-refractivity contribution in [3.05, 3.63) is 41.0 Å². The second kappa shape index (κ2) is 10.3. The number of halogens is 3. The quantitative estimate of drug-likeness (QED) is 0.654. The average molecular weight is 495 g/mol. The molecular weight excluding hydrogens is 465 g/mol. The minimum Gasteiger partial charge on any atom is -0.373 e. The molecule has 0 atom stereocenters. The molecule has 0 saturated carbocycles. The first kappa shape index (κ1) is 25.1. The molecule has 0 radical (unpaired) electrons. The Balaban J connectivity index is 1.42. The molecule has 1 N–H and O–H groups in total. The SMILES string of the molecule is Cc1nc(C(F)(F)F)ccc1C(=O)N1CCC2(CCCCn3cc(nn3)COCCNC2=O)CC1. The summed E-state index contributed by atoms with van der Waals surface area (Å²) in [6.45, 7) is 3.82. The summed E-state index contributed by atoms with van der Waals surface area (Å²) in [7, 11) is 0. The van der Waals surface area contributed by atoms with E-state index in [4.69, 9.17) is 4.74 Å². The number of ether oxygens (including phenoxy) is 1. The molecule has 2 aliphatic heterocycles. The molecule has 1 saturated heterocycles. The third-order valence-electron chi connectivity index (χ3n) is 6.76. The minimum absolute atomic E-state index is 0.0390. The molecule has 2 amide bonds. The van der Waals surface area contributed by atoms with Crippen LogP contribution in [0.5, 0.6) is 0 Å². The number of carbonyl (C=O) groups excluding carboxylic acids is 2. The van der Waals surface area contributed by atoms with Gasteiger partial charge in [0, 0.05) is 26.2 Å². The molecule has 9 nitrogen and oxygen atoms in total. The van der Waals surface area contributed by atoms with Crippen molar-refractivity contribution in [2.45, 2.75) is 58.4 Å². The second-order valence-electron chi connectivity index (χ2n) is 9.14. The standard InChI is InChI=1S/C23H29F3N6O3/c1-16-18(4-5-19(28-16)23(24,25)26)20(33)31-11-7-22(8-12-31)6-2-3-10-32-14-17(29-30-32)15-35-13-9-27-21(22)34/h4-5,14H,2-3,6-13,15H2,1H3,(H,27,34). The average Bonchev–Trinajstić information content (AvgIpc) is 3.28. The fourth-order valence-corrected chi connectivity index (χ4v) is 4.70. The summed E-state index contributed by atoms with van der Waals surface area (Å²) in [6.07, 6.45) is 0.571. The lowest BCUT2D eigenvalue weighted by Crippen LogP contribution is -2.50. The van der Waals surface area contributed by atoms with E-state index in [2.05, 4.69) is 20.6 Å². The molecule has 0 aromatic carbocycles. The summed E-state index contributed by atoms with van der Waals surface area (Å²) in [4.78, 5) is 31.4. The summed E-state index contributed by atoms with van der Waals surface area (Å²) in [5.74, 6) is -0.412. The Morgan fingerprint density at radius 3 is 2.63 bits per heavy atom. The number of alkyl halides is 3. The summed E-state index contributed by atoms with van der Waals surface area (Å²) >= 11 is 0. The van der Waals surface area contributed by atoms with Gasteiger partial charge in [-0.25, -0.2) is 4.98 Å². The molecule has 1 spiro atoms. The van der Waals surface area contributed by atoms with Gasteiger partial charge in [-0.05, 0) is 44.7 Å². The van der Waals surface area contributed by atoms with Crippen molar-refractivity contribution < 1.29 is 27.5 Å². The fraction of sp³-hybridized carbons (Fsp3) is 0.609. The highest BCUT2D eigenvalue weighted by Gasteiger charge is 2.42. The number of piperidine rings is 1. The molecule has 2 aliphatic rings. The molecule has 12 heteroatoms. The number of rotatable bonds is 1. The number of hydrogen-bond donors (Lipinski definition) is 1. The van der Waals surface area contributed by atoms with Gasteiger partial charge < -0.3 is 15.0 Å². The molecule has 4 heterocycles. The topological polar surface area (TPSA) is 102 Å². The van der Waals surface area contributed by atoms with E-state index in [0.29, 0.717) is 58.7 Å². The monoisotopic (exact) mass is 494 g/mol. The summed E-state index contributed by atoms with van der Waals surface area (Å²) < 4.78 is 46.1. The number of pyridine rings is 1. The van der Waals surface area contributed by atoms with Gasteiger partial charge in [-0.3, -0.25) is 14.3 Å². The molecule has 2 aromatic heterocycles. The van der Waals surface area contributed by atoms with Gasteiger partial charge in [0.1, 0.15) is 11.4 Å². The molecule has 1 fully saturated rings. The van der Waals surface area contributed by atoms with Crippen molar-refractivity contribution in [2.75, 3.05) is 26.2 Å².